The van der Waals surface area contributed by atoms with Gasteiger partial charge in [0, 0.05) is 25.1 Å². The van der Waals surface area contributed by atoms with Crippen molar-refractivity contribution in [2.24, 2.45) is 5.73 Å². The molecule has 0 radical (unpaired) electrons. The van der Waals surface area contributed by atoms with Crippen LogP contribution in [0.25, 0.3) is 0 Å². The van der Waals surface area contributed by atoms with Gasteiger partial charge in [0.2, 0.25) is 6.79 Å². The van der Waals surface area contributed by atoms with Gasteiger partial charge in [0.1, 0.15) is 5.75 Å². The standard InChI is InChI=1S/C16H23NO4/c1-11(17)7-12-8-15-16(21-10-20-15)9-14(12)19-6-4-13-3-2-5-18-13/h8-9,11,13H,2-7,10,17H2,1H3. The molecule has 5 nitrogen and oxygen atoms in total. The molecule has 0 spiro atoms. The zero-order chi connectivity index (χ0) is 14.7. The first-order chi connectivity index (χ1) is 10.2. The molecule has 1 aromatic rings. The molecule has 2 aliphatic heterocycles. The monoisotopic (exact) mass is 293 g/mol. The van der Waals surface area contributed by atoms with Crippen LogP contribution in [0.3, 0.4) is 0 Å². The summed E-state index contributed by atoms with van der Waals surface area (Å²) in [4.78, 5) is 0. The first-order valence-electron chi connectivity index (χ1n) is 7.65. The van der Waals surface area contributed by atoms with Crippen LogP contribution >= 0.6 is 0 Å². The molecule has 0 aromatic heterocycles. The van der Waals surface area contributed by atoms with E-state index >= 15 is 0 Å². The molecule has 0 aliphatic carbocycles. The summed E-state index contributed by atoms with van der Waals surface area (Å²) in [6.07, 6.45) is 4.32. The fourth-order valence-electron chi connectivity index (χ4n) is 2.78. The summed E-state index contributed by atoms with van der Waals surface area (Å²) in [5.41, 5.74) is 6.99. The van der Waals surface area contributed by atoms with E-state index in [9.17, 15) is 0 Å². The molecule has 2 unspecified atom stereocenters. The van der Waals surface area contributed by atoms with Crippen molar-refractivity contribution in [1.82, 2.24) is 0 Å². The Labute approximate surface area is 125 Å². The molecule has 1 fully saturated rings. The van der Waals surface area contributed by atoms with Gasteiger partial charge in [-0.2, -0.15) is 0 Å². The number of ether oxygens (including phenoxy) is 4. The fourth-order valence-corrected chi connectivity index (χ4v) is 2.78. The van der Waals surface area contributed by atoms with E-state index in [0.717, 1.165) is 55.1 Å². The van der Waals surface area contributed by atoms with Crippen LogP contribution in [-0.4, -0.2) is 32.2 Å². The van der Waals surface area contributed by atoms with Crippen LogP contribution in [0.15, 0.2) is 12.1 Å². The lowest BCUT2D eigenvalue weighted by molar-refractivity contribution is 0.0901. The largest absolute Gasteiger partial charge is 0.493 e. The van der Waals surface area contributed by atoms with Crippen molar-refractivity contribution in [3.8, 4) is 17.2 Å². The maximum atomic E-state index is 5.95. The summed E-state index contributed by atoms with van der Waals surface area (Å²) >= 11 is 0. The summed E-state index contributed by atoms with van der Waals surface area (Å²) in [6, 6.07) is 3.97. The molecule has 0 amide bonds. The lowest BCUT2D eigenvalue weighted by Gasteiger charge is -2.15. The zero-order valence-corrected chi connectivity index (χ0v) is 12.5. The topological polar surface area (TPSA) is 62.9 Å². The first-order valence-corrected chi connectivity index (χ1v) is 7.65. The Kier molecular flexibility index (Phi) is 4.51. The lowest BCUT2D eigenvalue weighted by atomic mass is 10.1. The van der Waals surface area contributed by atoms with Crippen LogP contribution < -0.4 is 19.9 Å². The Morgan fingerprint density at radius 1 is 1.33 bits per heavy atom. The highest BCUT2D eigenvalue weighted by molar-refractivity contribution is 5.52. The van der Waals surface area contributed by atoms with Crippen molar-refractivity contribution in [3.05, 3.63) is 17.7 Å². The number of rotatable bonds is 6. The van der Waals surface area contributed by atoms with E-state index in [4.69, 9.17) is 24.7 Å². The number of hydrogen-bond acceptors (Lipinski definition) is 5. The van der Waals surface area contributed by atoms with E-state index in [1.54, 1.807) is 0 Å². The van der Waals surface area contributed by atoms with Crippen molar-refractivity contribution in [3.63, 3.8) is 0 Å². The van der Waals surface area contributed by atoms with Gasteiger partial charge in [-0.3, -0.25) is 0 Å². The molecule has 1 aromatic carbocycles. The van der Waals surface area contributed by atoms with E-state index in [1.165, 1.54) is 0 Å². The molecular weight excluding hydrogens is 270 g/mol. The lowest BCUT2D eigenvalue weighted by Crippen LogP contribution is -2.18. The van der Waals surface area contributed by atoms with Gasteiger partial charge >= 0.3 is 0 Å². The highest BCUT2D eigenvalue weighted by Gasteiger charge is 2.20. The number of benzene rings is 1. The predicted molar refractivity (Wildman–Crippen MR) is 79.0 cm³/mol. The van der Waals surface area contributed by atoms with Gasteiger partial charge in [-0.15, -0.1) is 0 Å². The molecule has 2 aliphatic rings. The predicted octanol–water partition coefficient (Wildman–Crippen LogP) is 2.25. The van der Waals surface area contributed by atoms with E-state index in [1.807, 2.05) is 19.1 Å². The highest BCUT2D eigenvalue weighted by atomic mass is 16.7. The van der Waals surface area contributed by atoms with Gasteiger partial charge in [0.05, 0.1) is 12.7 Å². The Balaban J connectivity index is 1.66. The van der Waals surface area contributed by atoms with Crippen LogP contribution in [-0.2, 0) is 11.2 Å². The zero-order valence-electron chi connectivity index (χ0n) is 12.5. The third-order valence-electron chi connectivity index (χ3n) is 3.82. The molecule has 116 valence electrons. The SMILES string of the molecule is CC(N)Cc1cc2c(cc1OCCC1CCCO1)OCO2. The van der Waals surface area contributed by atoms with Crippen molar-refractivity contribution >= 4 is 0 Å². The van der Waals surface area contributed by atoms with Crippen molar-refractivity contribution in [2.75, 3.05) is 20.0 Å². The molecule has 2 heterocycles. The molecule has 0 saturated carbocycles. The second-order valence-corrected chi connectivity index (χ2v) is 5.77. The van der Waals surface area contributed by atoms with Gasteiger partial charge in [-0.05, 0) is 37.8 Å². The minimum atomic E-state index is 0.0749. The van der Waals surface area contributed by atoms with Crippen LogP contribution in [0.1, 0.15) is 31.7 Å². The smallest absolute Gasteiger partial charge is 0.231 e. The van der Waals surface area contributed by atoms with Crippen LogP contribution in [0.5, 0.6) is 17.2 Å². The van der Waals surface area contributed by atoms with Gasteiger partial charge in [0.15, 0.2) is 11.5 Å². The first kappa shape index (κ1) is 14.5. The fraction of sp³-hybridized carbons (Fsp3) is 0.625. The second kappa shape index (κ2) is 6.54. The molecule has 2 N–H and O–H groups in total. The van der Waals surface area contributed by atoms with Gasteiger partial charge in [-0.1, -0.05) is 0 Å². The second-order valence-electron chi connectivity index (χ2n) is 5.77. The summed E-state index contributed by atoms with van der Waals surface area (Å²) in [7, 11) is 0. The molecule has 2 atom stereocenters. The number of fused-ring (bicyclic) bond motifs is 1. The average molecular weight is 293 g/mol. The number of nitrogens with two attached hydrogens (primary N) is 1. The summed E-state index contributed by atoms with van der Waals surface area (Å²) in [6.45, 7) is 3.79. The quantitative estimate of drug-likeness (QED) is 0.871. The molecule has 3 rings (SSSR count). The minimum absolute atomic E-state index is 0.0749. The van der Waals surface area contributed by atoms with Crippen LogP contribution in [0.4, 0.5) is 0 Å². The highest BCUT2D eigenvalue weighted by Crippen LogP contribution is 2.38. The summed E-state index contributed by atoms with van der Waals surface area (Å²) in [5, 5.41) is 0. The van der Waals surface area contributed by atoms with Crippen molar-refractivity contribution < 1.29 is 18.9 Å². The Hall–Kier alpha value is -1.46. The number of hydrogen-bond donors (Lipinski definition) is 1. The van der Waals surface area contributed by atoms with Gasteiger partial charge in [0.25, 0.3) is 0 Å². The van der Waals surface area contributed by atoms with E-state index in [0.29, 0.717) is 12.7 Å². The van der Waals surface area contributed by atoms with E-state index in [2.05, 4.69) is 0 Å². The van der Waals surface area contributed by atoms with Crippen molar-refractivity contribution in [1.29, 1.82) is 0 Å². The maximum absolute atomic E-state index is 5.95. The van der Waals surface area contributed by atoms with Crippen LogP contribution in [0, 0.1) is 0 Å². The molecule has 5 heteroatoms. The molecule has 1 saturated heterocycles. The Bertz CT molecular complexity index is 483. The van der Waals surface area contributed by atoms with E-state index in [-0.39, 0.29) is 12.8 Å². The summed E-state index contributed by atoms with van der Waals surface area (Å²) in [5.74, 6) is 2.36. The molecule has 0 bridgehead atoms. The van der Waals surface area contributed by atoms with Gasteiger partial charge in [-0.25, -0.2) is 0 Å². The maximum Gasteiger partial charge on any atom is 0.231 e. The van der Waals surface area contributed by atoms with Gasteiger partial charge < -0.3 is 24.7 Å². The van der Waals surface area contributed by atoms with Crippen molar-refractivity contribution in [2.45, 2.75) is 44.8 Å². The minimum Gasteiger partial charge on any atom is -0.493 e. The summed E-state index contributed by atoms with van der Waals surface area (Å²) < 4.78 is 22.4. The Morgan fingerprint density at radius 2 is 2.14 bits per heavy atom. The third-order valence-corrected chi connectivity index (χ3v) is 3.82. The molecular formula is C16H23NO4. The Morgan fingerprint density at radius 3 is 2.86 bits per heavy atom. The normalized spacial score (nSPS) is 21.5. The van der Waals surface area contributed by atoms with Crippen LogP contribution in [0.2, 0.25) is 0 Å². The average Bonchev–Trinajstić information content (AvgIpc) is 3.09. The molecule has 21 heavy (non-hydrogen) atoms. The van der Waals surface area contributed by atoms with E-state index < -0.39 is 0 Å². The third kappa shape index (κ3) is 3.60.